The van der Waals surface area contributed by atoms with Gasteiger partial charge in [0, 0.05) is 17.7 Å². The molecule has 1 fully saturated rings. The van der Waals surface area contributed by atoms with Crippen LogP contribution < -0.4 is 19.8 Å². The third kappa shape index (κ3) is 3.24. The molecule has 2 aliphatic heterocycles. The van der Waals surface area contributed by atoms with Gasteiger partial charge in [0.2, 0.25) is 18.6 Å². The molecule has 5 aliphatic rings. The Bertz CT molecular complexity index is 1820. The number of anilines is 1. The molecule has 3 amide bonds. The van der Waals surface area contributed by atoms with Crippen LogP contribution in [0.5, 0.6) is 11.5 Å². The lowest BCUT2D eigenvalue weighted by Crippen LogP contribution is -2.54. The average Bonchev–Trinajstić information content (AvgIpc) is 3.60. The van der Waals surface area contributed by atoms with Gasteiger partial charge in [-0.3, -0.25) is 14.4 Å². The number of ether oxygens (including phenoxy) is 2. The van der Waals surface area contributed by atoms with E-state index < -0.39 is 23.2 Å². The first-order chi connectivity index (χ1) is 20.5. The first-order valence-electron chi connectivity index (χ1n) is 13.6. The quantitative estimate of drug-likeness (QED) is 0.209. The van der Waals surface area contributed by atoms with E-state index in [1.807, 2.05) is 48.5 Å². The zero-order chi connectivity index (χ0) is 28.6. The third-order valence-corrected chi connectivity index (χ3v) is 9.17. The summed E-state index contributed by atoms with van der Waals surface area (Å²) < 4.78 is 10.7. The maximum Gasteiger partial charge on any atom is 0.271 e. The number of imide groups is 1. The molecule has 2 atom stereocenters. The Kier molecular flexibility index (Phi) is 5.33. The summed E-state index contributed by atoms with van der Waals surface area (Å²) in [5.41, 5.74) is 5.93. The molecule has 9 heteroatoms. The summed E-state index contributed by atoms with van der Waals surface area (Å²) in [6, 6.07) is 27.5. The molecule has 2 heterocycles. The SMILES string of the molecule is O=C(N/N=C\C12c3ccccc3C(c3ccccc31)[C@@H]1C(=O)N(c3ccccc3Cl)C(=O)[C@@H]12)c1ccc2c(c1)OCO2. The third-order valence-electron chi connectivity index (χ3n) is 8.85. The lowest BCUT2D eigenvalue weighted by atomic mass is 9.47. The second-order valence-electron chi connectivity index (χ2n) is 10.8. The van der Waals surface area contributed by atoms with Crippen LogP contribution in [-0.2, 0) is 15.0 Å². The zero-order valence-corrected chi connectivity index (χ0v) is 22.7. The molecular formula is C33H22ClN3O5. The number of para-hydroxylation sites is 1. The summed E-state index contributed by atoms with van der Waals surface area (Å²) in [7, 11) is 0. The molecule has 1 saturated heterocycles. The average molecular weight is 576 g/mol. The Morgan fingerprint density at radius 2 is 1.55 bits per heavy atom. The van der Waals surface area contributed by atoms with Crippen LogP contribution in [0.15, 0.2) is 96.1 Å². The van der Waals surface area contributed by atoms with Crippen LogP contribution in [0, 0.1) is 11.8 Å². The van der Waals surface area contributed by atoms with Gasteiger partial charge in [-0.05, 0) is 52.6 Å². The van der Waals surface area contributed by atoms with Gasteiger partial charge in [-0.25, -0.2) is 10.3 Å². The van der Waals surface area contributed by atoms with Crippen LogP contribution in [0.2, 0.25) is 5.02 Å². The van der Waals surface area contributed by atoms with E-state index in [1.165, 1.54) is 4.90 Å². The number of carbonyl (C=O) groups excluding carboxylic acids is 3. The summed E-state index contributed by atoms with van der Waals surface area (Å²) in [5.74, 6) is -1.82. The smallest absolute Gasteiger partial charge is 0.271 e. The summed E-state index contributed by atoms with van der Waals surface area (Å²) in [6.45, 7) is 0.0986. The predicted molar refractivity (Wildman–Crippen MR) is 155 cm³/mol. The van der Waals surface area contributed by atoms with Gasteiger partial charge in [-0.15, -0.1) is 0 Å². The lowest BCUT2D eigenvalue weighted by Gasteiger charge is -2.52. The van der Waals surface area contributed by atoms with Crippen LogP contribution in [0.1, 0.15) is 38.5 Å². The maximum absolute atomic E-state index is 14.4. The van der Waals surface area contributed by atoms with Gasteiger partial charge in [0.1, 0.15) is 0 Å². The maximum atomic E-state index is 14.4. The number of benzene rings is 4. The van der Waals surface area contributed by atoms with E-state index >= 15 is 0 Å². The number of hydrogen-bond donors (Lipinski definition) is 1. The summed E-state index contributed by atoms with van der Waals surface area (Å²) in [5, 5.41) is 4.78. The molecule has 4 aromatic carbocycles. The van der Waals surface area contributed by atoms with Crippen LogP contribution in [0.4, 0.5) is 5.69 Å². The first kappa shape index (κ1) is 24.8. The Morgan fingerprint density at radius 3 is 2.29 bits per heavy atom. The molecule has 0 aromatic heterocycles. The van der Waals surface area contributed by atoms with Crippen LogP contribution in [0.25, 0.3) is 0 Å². The van der Waals surface area contributed by atoms with Gasteiger partial charge in [-0.1, -0.05) is 72.3 Å². The number of fused-ring (bicyclic) bond motifs is 1. The van der Waals surface area contributed by atoms with Crippen molar-refractivity contribution in [3.63, 3.8) is 0 Å². The highest BCUT2D eigenvalue weighted by Crippen LogP contribution is 2.63. The standard InChI is InChI=1S/C33H22ClN3O5/c34-23-11-5-6-12-24(23)37-31(39)28-27-19-7-1-3-9-21(19)33(29(28)32(37)40,22-10-4-2-8-20(22)27)16-35-36-30(38)18-13-14-25-26(15-18)42-17-41-25/h1-16,27-29H,17H2,(H,36,38)/b35-16-/t27?,28-,29+,33?/m0/s1. The van der Waals surface area contributed by atoms with E-state index in [-0.39, 0.29) is 24.5 Å². The van der Waals surface area contributed by atoms with Crippen LogP contribution >= 0.6 is 11.6 Å². The van der Waals surface area contributed by atoms with Crippen molar-refractivity contribution in [1.29, 1.82) is 0 Å². The van der Waals surface area contributed by atoms with E-state index in [0.717, 1.165) is 22.3 Å². The van der Waals surface area contributed by atoms with E-state index in [0.29, 0.717) is 27.8 Å². The lowest BCUT2D eigenvalue weighted by molar-refractivity contribution is -0.122. The molecule has 2 bridgehead atoms. The molecule has 8 nitrogen and oxygen atoms in total. The van der Waals surface area contributed by atoms with Crippen molar-refractivity contribution in [2.75, 3.05) is 11.7 Å². The molecule has 0 saturated carbocycles. The molecule has 3 aliphatic carbocycles. The number of rotatable bonds is 4. The topological polar surface area (TPSA) is 97.3 Å². The van der Waals surface area contributed by atoms with Gasteiger partial charge in [0.15, 0.2) is 11.5 Å². The number of carbonyl (C=O) groups is 3. The van der Waals surface area contributed by atoms with Gasteiger partial charge in [-0.2, -0.15) is 5.10 Å². The highest BCUT2D eigenvalue weighted by Gasteiger charge is 2.68. The number of halogens is 1. The van der Waals surface area contributed by atoms with E-state index in [9.17, 15) is 14.4 Å². The Labute approximate surface area is 245 Å². The van der Waals surface area contributed by atoms with Crippen molar-refractivity contribution in [3.8, 4) is 11.5 Å². The van der Waals surface area contributed by atoms with Gasteiger partial charge in [0.05, 0.1) is 28.0 Å². The predicted octanol–water partition coefficient (Wildman–Crippen LogP) is 5.04. The van der Waals surface area contributed by atoms with E-state index in [2.05, 4.69) is 10.5 Å². The van der Waals surface area contributed by atoms with E-state index in [1.54, 1.807) is 48.7 Å². The first-order valence-corrected chi connectivity index (χ1v) is 13.9. The normalized spacial score (nSPS) is 24.5. The molecule has 42 heavy (non-hydrogen) atoms. The number of nitrogens with zero attached hydrogens (tertiary/aromatic N) is 2. The minimum absolute atomic E-state index is 0.0986. The monoisotopic (exact) mass is 575 g/mol. The summed E-state index contributed by atoms with van der Waals surface area (Å²) >= 11 is 6.51. The van der Waals surface area contributed by atoms with Crippen molar-refractivity contribution >= 4 is 41.2 Å². The second kappa shape index (κ2) is 9.03. The number of amides is 3. The fourth-order valence-corrected chi connectivity index (χ4v) is 7.44. The Hall–Kier alpha value is -4.95. The van der Waals surface area contributed by atoms with Crippen molar-refractivity contribution in [3.05, 3.63) is 124 Å². The van der Waals surface area contributed by atoms with Crippen molar-refractivity contribution in [2.45, 2.75) is 11.3 Å². The van der Waals surface area contributed by atoms with Crippen molar-refractivity contribution in [1.82, 2.24) is 5.43 Å². The van der Waals surface area contributed by atoms with Crippen LogP contribution in [-0.4, -0.2) is 30.7 Å². The molecule has 0 spiro atoms. The van der Waals surface area contributed by atoms with Gasteiger partial charge < -0.3 is 9.47 Å². The molecule has 0 radical (unpaired) electrons. The fraction of sp³-hybridized carbons (Fsp3) is 0.152. The fourth-order valence-electron chi connectivity index (χ4n) is 7.22. The van der Waals surface area contributed by atoms with Gasteiger partial charge >= 0.3 is 0 Å². The summed E-state index contributed by atoms with van der Waals surface area (Å²) in [6.07, 6.45) is 1.63. The largest absolute Gasteiger partial charge is 0.454 e. The summed E-state index contributed by atoms with van der Waals surface area (Å²) in [4.78, 5) is 43.0. The molecular weight excluding hydrogens is 554 g/mol. The number of hydrogen-bond acceptors (Lipinski definition) is 6. The van der Waals surface area contributed by atoms with Crippen molar-refractivity contribution < 1.29 is 23.9 Å². The Balaban J connectivity index is 1.27. The minimum Gasteiger partial charge on any atom is -0.454 e. The number of nitrogens with one attached hydrogen (secondary N) is 1. The molecule has 9 rings (SSSR count). The molecule has 0 unspecified atom stereocenters. The molecule has 4 aromatic rings. The number of hydrazone groups is 1. The van der Waals surface area contributed by atoms with Crippen LogP contribution in [0.3, 0.4) is 0 Å². The van der Waals surface area contributed by atoms with E-state index in [4.69, 9.17) is 21.1 Å². The zero-order valence-electron chi connectivity index (χ0n) is 22.0. The minimum atomic E-state index is -1.11. The van der Waals surface area contributed by atoms with Crippen molar-refractivity contribution in [2.24, 2.45) is 16.9 Å². The second-order valence-corrected chi connectivity index (χ2v) is 11.2. The Morgan fingerprint density at radius 1 is 0.881 bits per heavy atom. The molecule has 1 N–H and O–H groups in total. The highest BCUT2D eigenvalue weighted by molar-refractivity contribution is 6.36. The molecule has 206 valence electrons. The highest BCUT2D eigenvalue weighted by atomic mass is 35.5. The van der Waals surface area contributed by atoms with Gasteiger partial charge in [0.25, 0.3) is 5.91 Å².